The monoisotopic (exact) mass is 300 g/mol. The van der Waals surface area contributed by atoms with Crippen molar-refractivity contribution in [1.29, 1.82) is 0 Å². The van der Waals surface area contributed by atoms with Gasteiger partial charge in [-0.05, 0) is 29.8 Å². The Morgan fingerprint density at radius 3 is 2.33 bits per heavy atom. The van der Waals surface area contributed by atoms with Gasteiger partial charge in [0.25, 0.3) is 5.70 Å². The predicted octanol–water partition coefficient (Wildman–Crippen LogP) is 4.27. The molecule has 0 saturated heterocycles. The van der Waals surface area contributed by atoms with Gasteiger partial charge in [-0.15, -0.1) is 0 Å². The first-order chi connectivity index (χ1) is 10.1. The fourth-order valence-electron chi connectivity index (χ4n) is 2.39. The molecule has 1 amide bonds. The van der Waals surface area contributed by atoms with Gasteiger partial charge in [0.1, 0.15) is 0 Å². The summed E-state index contributed by atoms with van der Waals surface area (Å²) in [4.78, 5) is 24.0. The van der Waals surface area contributed by atoms with Crippen LogP contribution in [-0.4, -0.2) is 10.3 Å². The molecular weight excluding hydrogens is 292 g/mol. The lowest BCUT2D eigenvalue weighted by Gasteiger charge is -2.21. The number of fused-ring (bicyclic) bond motifs is 2. The predicted molar refractivity (Wildman–Crippen MR) is 81.1 cm³/mol. The number of nitro groups is 1. The van der Waals surface area contributed by atoms with Gasteiger partial charge < -0.3 is 0 Å². The van der Waals surface area contributed by atoms with E-state index in [0.717, 1.165) is 0 Å². The molecule has 0 aliphatic carbocycles. The van der Waals surface area contributed by atoms with Crippen molar-refractivity contribution in [3.63, 3.8) is 0 Å². The minimum absolute atomic E-state index is 0.0709. The first-order valence-corrected chi connectivity index (χ1v) is 6.51. The zero-order valence-electron chi connectivity index (χ0n) is 10.7. The Morgan fingerprint density at radius 1 is 1.05 bits per heavy atom. The number of amides is 1. The summed E-state index contributed by atoms with van der Waals surface area (Å²) in [6.45, 7) is 0. The van der Waals surface area contributed by atoms with Crippen LogP contribution in [0, 0.1) is 10.1 Å². The summed E-state index contributed by atoms with van der Waals surface area (Å²) in [6.07, 6.45) is 1.45. The van der Waals surface area contributed by atoms with Gasteiger partial charge in [0, 0.05) is 11.6 Å². The number of anilines is 2. The van der Waals surface area contributed by atoms with Crippen molar-refractivity contribution in [2.24, 2.45) is 0 Å². The first kappa shape index (κ1) is 13.3. The maximum atomic E-state index is 11.9. The van der Waals surface area contributed by atoms with Crippen LogP contribution in [0.1, 0.15) is 11.1 Å². The molecule has 1 aliphatic heterocycles. The third-order valence-corrected chi connectivity index (χ3v) is 3.43. The smallest absolute Gasteiger partial charge is 0.266 e. The molecule has 104 valence electrons. The van der Waals surface area contributed by atoms with E-state index in [9.17, 15) is 14.9 Å². The van der Waals surface area contributed by atoms with Crippen LogP contribution in [0.2, 0.25) is 0 Å². The molecule has 2 aromatic rings. The summed E-state index contributed by atoms with van der Waals surface area (Å²) >= 11 is 5.71. The molecule has 6 heteroatoms. The largest absolute Gasteiger partial charge is 0.325 e. The lowest BCUT2D eigenvalue weighted by atomic mass is 10.1. The number of nitrogens with zero attached hydrogens (tertiary/aromatic N) is 2. The van der Waals surface area contributed by atoms with E-state index < -0.39 is 10.3 Å². The van der Waals surface area contributed by atoms with E-state index in [2.05, 4.69) is 0 Å². The van der Waals surface area contributed by atoms with Crippen LogP contribution < -0.4 is 4.90 Å². The summed E-state index contributed by atoms with van der Waals surface area (Å²) in [5, 5.41) is 10.6. The van der Waals surface area contributed by atoms with E-state index in [1.165, 1.54) is 11.0 Å². The molecular formula is C15H9ClN2O3. The van der Waals surface area contributed by atoms with Crippen molar-refractivity contribution in [3.8, 4) is 0 Å². The van der Waals surface area contributed by atoms with Gasteiger partial charge in [0.2, 0.25) is 0 Å². The second-order valence-corrected chi connectivity index (χ2v) is 4.77. The number of carbonyl (C=O) groups excluding carboxylic acids is 1. The Kier molecular flexibility index (Phi) is 3.19. The SMILES string of the molecule is O=C(Cl)N1c2ccccc2C=C([N+](=O)[O-])c2ccccc21. The van der Waals surface area contributed by atoms with E-state index in [0.29, 0.717) is 22.5 Å². The molecule has 5 nitrogen and oxygen atoms in total. The quantitative estimate of drug-likeness (QED) is 0.342. The second-order valence-electron chi connectivity index (χ2n) is 4.45. The molecule has 0 saturated carbocycles. The molecule has 0 radical (unpaired) electrons. The molecule has 0 aromatic heterocycles. The highest BCUT2D eigenvalue weighted by molar-refractivity contribution is 6.67. The molecule has 0 spiro atoms. The number of hydrogen-bond acceptors (Lipinski definition) is 3. The maximum Gasteiger partial charge on any atom is 0.325 e. The van der Waals surface area contributed by atoms with Crippen LogP contribution in [0.4, 0.5) is 16.2 Å². The summed E-state index contributed by atoms with van der Waals surface area (Å²) in [5.41, 5.74) is 1.76. The van der Waals surface area contributed by atoms with Crippen LogP contribution >= 0.6 is 11.6 Å². The third-order valence-electron chi connectivity index (χ3n) is 3.26. The maximum absolute atomic E-state index is 11.9. The number of hydrogen-bond donors (Lipinski definition) is 0. The van der Waals surface area contributed by atoms with E-state index in [4.69, 9.17) is 11.6 Å². The highest BCUT2D eigenvalue weighted by Gasteiger charge is 2.29. The summed E-state index contributed by atoms with van der Waals surface area (Å²) in [5.74, 6) is 0. The van der Waals surface area contributed by atoms with Gasteiger partial charge in [0.15, 0.2) is 0 Å². The van der Waals surface area contributed by atoms with Crippen LogP contribution in [0.3, 0.4) is 0 Å². The minimum Gasteiger partial charge on any atom is -0.266 e. The Hall–Kier alpha value is -2.66. The van der Waals surface area contributed by atoms with Gasteiger partial charge in [-0.1, -0.05) is 30.3 Å². The van der Waals surface area contributed by atoms with E-state index in [1.807, 2.05) is 0 Å². The Labute approximate surface area is 125 Å². The average Bonchev–Trinajstić information content (AvgIpc) is 2.61. The molecule has 2 aromatic carbocycles. The van der Waals surface area contributed by atoms with Gasteiger partial charge in [-0.2, -0.15) is 0 Å². The molecule has 0 bridgehead atoms. The second kappa shape index (κ2) is 5.03. The molecule has 0 atom stereocenters. The molecule has 1 aliphatic rings. The fourth-order valence-corrected chi connectivity index (χ4v) is 2.58. The number of rotatable bonds is 1. The van der Waals surface area contributed by atoms with Crippen molar-refractivity contribution in [2.45, 2.75) is 0 Å². The Balaban J connectivity index is 2.39. The van der Waals surface area contributed by atoms with Crippen LogP contribution in [0.5, 0.6) is 0 Å². The zero-order valence-corrected chi connectivity index (χ0v) is 11.4. The highest BCUT2D eigenvalue weighted by atomic mass is 35.5. The van der Waals surface area contributed by atoms with Crippen molar-refractivity contribution < 1.29 is 9.72 Å². The molecule has 0 unspecified atom stereocenters. The number of halogens is 1. The Bertz CT molecular complexity index is 786. The lowest BCUT2D eigenvalue weighted by molar-refractivity contribution is -0.374. The number of benzene rings is 2. The first-order valence-electron chi connectivity index (χ1n) is 6.13. The molecule has 1 heterocycles. The van der Waals surface area contributed by atoms with E-state index in [-0.39, 0.29) is 5.70 Å². The van der Waals surface area contributed by atoms with Crippen molar-refractivity contribution in [2.75, 3.05) is 4.90 Å². The van der Waals surface area contributed by atoms with Gasteiger partial charge in [0.05, 0.1) is 21.9 Å². The van der Waals surface area contributed by atoms with Crippen molar-refractivity contribution in [1.82, 2.24) is 0 Å². The average molecular weight is 301 g/mol. The van der Waals surface area contributed by atoms with Gasteiger partial charge >= 0.3 is 5.37 Å². The van der Waals surface area contributed by atoms with Crippen LogP contribution in [0.15, 0.2) is 48.5 Å². The number of para-hydroxylation sites is 2. The van der Waals surface area contributed by atoms with Crippen LogP contribution in [0.25, 0.3) is 11.8 Å². The third kappa shape index (κ3) is 2.17. The normalized spacial score (nSPS) is 12.8. The molecule has 3 rings (SSSR count). The van der Waals surface area contributed by atoms with E-state index >= 15 is 0 Å². The van der Waals surface area contributed by atoms with Crippen molar-refractivity contribution in [3.05, 3.63) is 69.8 Å². The molecule has 0 fully saturated rings. The topological polar surface area (TPSA) is 63.5 Å². The standard InChI is InChI=1S/C15H9ClN2O3/c16-15(19)17-12-7-3-1-5-10(12)9-14(18(20)21)11-6-2-4-8-13(11)17/h1-9H. The Morgan fingerprint density at radius 2 is 1.67 bits per heavy atom. The summed E-state index contributed by atoms with van der Waals surface area (Å²) in [7, 11) is 0. The van der Waals surface area contributed by atoms with Crippen molar-refractivity contribution >= 4 is 40.1 Å². The minimum atomic E-state index is -0.715. The number of carbonyl (C=O) groups is 1. The highest BCUT2D eigenvalue weighted by Crippen LogP contribution is 2.40. The summed E-state index contributed by atoms with van der Waals surface area (Å²) < 4.78 is 0. The van der Waals surface area contributed by atoms with Gasteiger partial charge in [-0.3, -0.25) is 19.8 Å². The lowest BCUT2D eigenvalue weighted by Crippen LogP contribution is -2.21. The van der Waals surface area contributed by atoms with Crippen LogP contribution in [-0.2, 0) is 0 Å². The fraction of sp³-hybridized carbons (Fsp3) is 0. The molecule has 21 heavy (non-hydrogen) atoms. The van der Waals surface area contributed by atoms with E-state index in [1.54, 1.807) is 48.5 Å². The summed E-state index contributed by atoms with van der Waals surface area (Å²) in [6, 6.07) is 13.5. The zero-order chi connectivity index (χ0) is 15.0. The van der Waals surface area contributed by atoms with Gasteiger partial charge in [-0.25, -0.2) is 0 Å². The molecule has 0 N–H and O–H groups in total.